The average molecular weight is 278 g/mol. The molecule has 1 aromatic rings. The van der Waals surface area contributed by atoms with Gasteiger partial charge in [-0.05, 0) is 38.1 Å². The topological polar surface area (TPSA) is 37.6 Å². The van der Waals surface area contributed by atoms with Crippen molar-refractivity contribution in [3.8, 4) is 0 Å². The number of morpholine rings is 1. The predicted octanol–water partition coefficient (Wildman–Crippen LogP) is 2.38. The first-order chi connectivity index (χ1) is 9.70. The number of ether oxygens (including phenoxy) is 1. The van der Waals surface area contributed by atoms with Crippen molar-refractivity contribution in [2.45, 2.75) is 38.3 Å². The lowest BCUT2D eigenvalue weighted by Crippen LogP contribution is -2.47. The molecule has 1 aliphatic carbocycles. The first-order valence-corrected chi connectivity index (χ1v) is 7.83. The van der Waals surface area contributed by atoms with E-state index >= 15 is 0 Å². The van der Waals surface area contributed by atoms with Crippen LogP contribution in [-0.2, 0) is 4.74 Å². The minimum Gasteiger partial charge on any atom is -0.464 e. The van der Waals surface area contributed by atoms with Crippen LogP contribution in [0.15, 0.2) is 16.5 Å². The quantitative estimate of drug-likeness (QED) is 0.897. The van der Waals surface area contributed by atoms with E-state index < -0.39 is 0 Å². The molecule has 1 aromatic heterocycles. The molecule has 4 unspecified atom stereocenters. The number of furan rings is 1. The summed E-state index contributed by atoms with van der Waals surface area (Å²) in [5.74, 6) is 3.65. The number of nitrogens with one attached hydrogen (secondary N) is 1. The molecule has 0 bridgehead atoms. The van der Waals surface area contributed by atoms with E-state index in [-0.39, 0.29) is 12.1 Å². The molecule has 1 aliphatic heterocycles. The van der Waals surface area contributed by atoms with Gasteiger partial charge >= 0.3 is 0 Å². The van der Waals surface area contributed by atoms with E-state index in [0.29, 0.717) is 5.92 Å². The van der Waals surface area contributed by atoms with E-state index in [0.717, 1.165) is 43.7 Å². The second-order valence-corrected chi connectivity index (χ2v) is 6.20. The van der Waals surface area contributed by atoms with E-state index in [1.54, 1.807) is 0 Å². The van der Waals surface area contributed by atoms with Gasteiger partial charge in [-0.15, -0.1) is 0 Å². The Balaban J connectivity index is 1.75. The lowest BCUT2D eigenvalue weighted by Gasteiger charge is -2.38. The lowest BCUT2D eigenvalue weighted by molar-refractivity contribution is -0.0676. The fourth-order valence-electron chi connectivity index (χ4n) is 3.16. The van der Waals surface area contributed by atoms with Crippen molar-refractivity contribution in [2.75, 3.05) is 33.3 Å². The van der Waals surface area contributed by atoms with Crippen LogP contribution < -0.4 is 5.32 Å². The van der Waals surface area contributed by atoms with Gasteiger partial charge in [0.2, 0.25) is 0 Å². The minimum atomic E-state index is 0.171. The zero-order valence-electron chi connectivity index (χ0n) is 12.8. The molecule has 4 heteroatoms. The molecule has 2 fully saturated rings. The van der Waals surface area contributed by atoms with Crippen molar-refractivity contribution in [3.05, 3.63) is 23.7 Å². The highest BCUT2D eigenvalue weighted by atomic mass is 16.5. The Labute approximate surface area is 121 Å². The molecule has 0 radical (unpaired) electrons. The molecule has 112 valence electrons. The van der Waals surface area contributed by atoms with Gasteiger partial charge in [-0.25, -0.2) is 0 Å². The van der Waals surface area contributed by atoms with Gasteiger partial charge in [0.05, 0.1) is 18.8 Å². The highest BCUT2D eigenvalue weighted by molar-refractivity contribution is 5.20. The summed E-state index contributed by atoms with van der Waals surface area (Å²) in [6, 6.07) is 4.54. The second-order valence-electron chi connectivity index (χ2n) is 6.20. The van der Waals surface area contributed by atoms with E-state index in [1.165, 1.54) is 6.42 Å². The first-order valence-electron chi connectivity index (χ1n) is 7.83. The molecule has 0 amide bonds. The van der Waals surface area contributed by atoms with Gasteiger partial charge in [0.15, 0.2) is 0 Å². The third kappa shape index (κ3) is 2.78. The summed E-state index contributed by atoms with van der Waals surface area (Å²) >= 11 is 0. The third-order valence-corrected chi connectivity index (χ3v) is 4.61. The van der Waals surface area contributed by atoms with E-state index in [1.807, 2.05) is 0 Å². The van der Waals surface area contributed by atoms with E-state index in [4.69, 9.17) is 9.15 Å². The fourth-order valence-corrected chi connectivity index (χ4v) is 3.16. The summed E-state index contributed by atoms with van der Waals surface area (Å²) in [5.41, 5.74) is 0. The summed E-state index contributed by atoms with van der Waals surface area (Å²) in [6.45, 7) is 8.03. The van der Waals surface area contributed by atoms with Crippen molar-refractivity contribution in [1.29, 1.82) is 0 Å². The molecule has 4 nitrogen and oxygen atoms in total. The van der Waals surface area contributed by atoms with Crippen LogP contribution in [0.2, 0.25) is 0 Å². The van der Waals surface area contributed by atoms with Crippen LogP contribution in [0.25, 0.3) is 0 Å². The number of hydrogen-bond donors (Lipinski definition) is 1. The highest BCUT2D eigenvalue weighted by Gasteiger charge is 2.38. The molecule has 0 spiro atoms. The molecular weight excluding hydrogens is 252 g/mol. The molecule has 2 heterocycles. The van der Waals surface area contributed by atoms with Crippen LogP contribution in [-0.4, -0.2) is 44.3 Å². The van der Waals surface area contributed by atoms with Crippen LogP contribution in [0.4, 0.5) is 0 Å². The van der Waals surface area contributed by atoms with E-state index in [2.05, 4.69) is 43.2 Å². The highest BCUT2D eigenvalue weighted by Crippen LogP contribution is 2.48. The number of rotatable bonds is 5. The minimum absolute atomic E-state index is 0.171. The summed E-state index contributed by atoms with van der Waals surface area (Å²) in [7, 11) is 2.16. The normalized spacial score (nSPS) is 34.4. The summed E-state index contributed by atoms with van der Waals surface area (Å²) in [4.78, 5) is 2.35. The van der Waals surface area contributed by atoms with E-state index in [9.17, 15) is 0 Å². The lowest BCUT2D eigenvalue weighted by atomic mass is 10.0. The Kier molecular flexibility index (Phi) is 4.15. The Hall–Kier alpha value is -0.840. The Morgan fingerprint density at radius 2 is 2.10 bits per heavy atom. The molecule has 1 N–H and O–H groups in total. The maximum atomic E-state index is 6.15. The van der Waals surface area contributed by atoms with Crippen LogP contribution in [0.1, 0.15) is 43.7 Å². The monoisotopic (exact) mass is 278 g/mol. The average Bonchev–Trinajstić information content (AvgIpc) is 2.98. The van der Waals surface area contributed by atoms with Gasteiger partial charge in [0, 0.05) is 19.0 Å². The zero-order valence-corrected chi connectivity index (χ0v) is 12.8. The molecule has 1 saturated carbocycles. The largest absolute Gasteiger partial charge is 0.464 e. The molecular formula is C16H26N2O2. The van der Waals surface area contributed by atoms with Crippen LogP contribution >= 0.6 is 0 Å². The Morgan fingerprint density at radius 3 is 2.80 bits per heavy atom. The molecule has 2 aliphatic rings. The van der Waals surface area contributed by atoms with Gasteiger partial charge < -0.3 is 14.5 Å². The van der Waals surface area contributed by atoms with Crippen molar-refractivity contribution >= 4 is 0 Å². The number of likely N-dealkylation sites (N-methyl/N-ethyl adjacent to an activating group) is 2. The first kappa shape index (κ1) is 14.1. The summed E-state index contributed by atoms with van der Waals surface area (Å²) < 4.78 is 12.1. The van der Waals surface area contributed by atoms with Crippen molar-refractivity contribution in [3.63, 3.8) is 0 Å². The van der Waals surface area contributed by atoms with Crippen molar-refractivity contribution < 1.29 is 9.15 Å². The van der Waals surface area contributed by atoms with Crippen LogP contribution in [0, 0.1) is 5.92 Å². The third-order valence-electron chi connectivity index (χ3n) is 4.61. The maximum absolute atomic E-state index is 6.15. The SMILES string of the molecule is CCNCC1OCCN(C)C1c1ccc(C2CC2C)o1. The van der Waals surface area contributed by atoms with Crippen molar-refractivity contribution in [1.82, 2.24) is 10.2 Å². The van der Waals surface area contributed by atoms with Gasteiger partial charge in [-0.1, -0.05) is 13.8 Å². The molecule has 0 aromatic carbocycles. The molecule has 4 atom stereocenters. The fraction of sp³-hybridized carbons (Fsp3) is 0.750. The van der Waals surface area contributed by atoms with Gasteiger partial charge in [0.1, 0.15) is 11.5 Å². The zero-order chi connectivity index (χ0) is 14.1. The van der Waals surface area contributed by atoms with Crippen molar-refractivity contribution in [2.24, 2.45) is 5.92 Å². The van der Waals surface area contributed by atoms with Gasteiger partial charge in [-0.3, -0.25) is 4.90 Å². The van der Waals surface area contributed by atoms with Gasteiger partial charge in [-0.2, -0.15) is 0 Å². The molecule has 3 rings (SSSR count). The smallest absolute Gasteiger partial charge is 0.124 e. The summed E-state index contributed by atoms with van der Waals surface area (Å²) in [5, 5.41) is 3.39. The van der Waals surface area contributed by atoms with Gasteiger partial charge in [0.25, 0.3) is 0 Å². The number of hydrogen-bond acceptors (Lipinski definition) is 4. The Morgan fingerprint density at radius 1 is 1.35 bits per heavy atom. The Bertz CT molecular complexity index is 445. The second kappa shape index (κ2) is 5.88. The molecule has 1 saturated heterocycles. The maximum Gasteiger partial charge on any atom is 0.124 e. The predicted molar refractivity (Wildman–Crippen MR) is 78.9 cm³/mol. The van der Waals surface area contributed by atoms with Crippen LogP contribution in [0.3, 0.4) is 0 Å². The molecule has 20 heavy (non-hydrogen) atoms. The summed E-state index contributed by atoms with van der Waals surface area (Å²) in [6.07, 6.45) is 1.44. The number of nitrogens with zero attached hydrogens (tertiary/aromatic N) is 1. The van der Waals surface area contributed by atoms with Crippen LogP contribution in [0.5, 0.6) is 0 Å². The standard InChI is InChI=1S/C16H26N2O2/c1-4-17-10-15-16(18(3)7-8-19-15)14-6-5-13(20-14)12-9-11(12)2/h5-6,11-12,15-17H,4,7-10H2,1-3H3.